The quantitative estimate of drug-likeness (QED) is 0.768. The molecule has 0 aliphatic carbocycles. The number of hydrogen-bond acceptors (Lipinski definition) is 6. The van der Waals surface area contributed by atoms with Crippen LogP contribution in [0.2, 0.25) is 0 Å². The fraction of sp³-hybridized carbons (Fsp3) is 0.167. The molecule has 96 valence electrons. The normalized spacial score (nSPS) is 10.6. The van der Waals surface area contributed by atoms with Crippen molar-refractivity contribution in [2.45, 2.75) is 6.92 Å². The van der Waals surface area contributed by atoms with Crippen LogP contribution in [0.1, 0.15) is 6.92 Å². The van der Waals surface area contributed by atoms with Crippen LogP contribution in [-0.2, 0) is 0 Å². The molecule has 2 heterocycles. The molecule has 1 aromatic carbocycles. The lowest BCUT2D eigenvalue weighted by atomic mass is 10.2. The van der Waals surface area contributed by atoms with E-state index in [0.717, 1.165) is 11.3 Å². The Morgan fingerprint density at radius 2 is 2.11 bits per heavy atom. The summed E-state index contributed by atoms with van der Waals surface area (Å²) in [6.07, 6.45) is 1.39. The van der Waals surface area contributed by atoms with Crippen LogP contribution in [0.15, 0.2) is 35.1 Å². The fourth-order valence-corrected chi connectivity index (χ4v) is 1.61. The summed E-state index contributed by atoms with van der Waals surface area (Å²) in [5, 5.41) is 10.3. The predicted molar refractivity (Wildman–Crippen MR) is 66.3 cm³/mol. The van der Waals surface area contributed by atoms with Gasteiger partial charge in [-0.05, 0) is 31.2 Å². The first kappa shape index (κ1) is 11.4. The monoisotopic (exact) mass is 257 g/mol. The molecular weight excluding hydrogens is 246 g/mol. The van der Waals surface area contributed by atoms with Crippen LogP contribution in [0, 0.1) is 0 Å². The van der Waals surface area contributed by atoms with Crippen molar-refractivity contribution < 1.29 is 9.26 Å². The molecule has 0 bridgehead atoms. The highest BCUT2D eigenvalue weighted by Crippen LogP contribution is 2.22. The van der Waals surface area contributed by atoms with E-state index in [1.54, 1.807) is 0 Å². The van der Waals surface area contributed by atoms with Crippen LogP contribution in [0.3, 0.4) is 0 Å². The molecule has 0 atom stereocenters. The van der Waals surface area contributed by atoms with Gasteiger partial charge in [0.05, 0.1) is 6.61 Å². The highest BCUT2D eigenvalue weighted by molar-refractivity contribution is 5.56. The van der Waals surface area contributed by atoms with Gasteiger partial charge in [-0.1, -0.05) is 5.16 Å². The summed E-state index contributed by atoms with van der Waals surface area (Å²) in [5.41, 5.74) is 0.821. The predicted octanol–water partition coefficient (Wildman–Crippen LogP) is 1.92. The standard InChI is InChI=1S/C12H11N5O2/c1-2-18-9-5-3-8(4-6-9)12-15-11(17-19-12)10-13-7-14-16-10/h3-7H,2H2,1H3,(H,13,14,16). The molecule has 1 N–H and O–H groups in total. The first-order chi connectivity index (χ1) is 9.36. The molecule has 7 nitrogen and oxygen atoms in total. The average molecular weight is 257 g/mol. The third-order valence-electron chi connectivity index (χ3n) is 2.47. The molecule has 0 aliphatic rings. The molecule has 7 heteroatoms. The lowest BCUT2D eigenvalue weighted by Gasteiger charge is -2.01. The number of ether oxygens (including phenoxy) is 1. The van der Waals surface area contributed by atoms with Crippen molar-refractivity contribution >= 4 is 0 Å². The molecule has 0 radical (unpaired) electrons. The minimum atomic E-state index is 0.376. The van der Waals surface area contributed by atoms with Crippen LogP contribution in [0.25, 0.3) is 23.1 Å². The molecule has 0 fully saturated rings. The Hall–Kier alpha value is -2.70. The Kier molecular flexibility index (Phi) is 2.93. The lowest BCUT2D eigenvalue weighted by Crippen LogP contribution is -1.90. The molecule has 2 aromatic heterocycles. The van der Waals surface area contributed by atoms with Crippen molar-refractivity contribution in [1.29, 1.82) is 0 Å². The number of aromatic amines is 1. The summed E-state index contributed by atoms with van der Waals surface area (Å²) >= 11 is 0. The Labute approximate surface area is 108 Å². The molecule has 0 aliphatic heterocycles. The highest BCUT2D eigenvalue weighted by Gasteiger charge is 2.12. The third kappa shape index (κ3) is 2.30. The van der Waals surface area contributed by atoms with E-state index in [0.29, 0.717) is 24.1 Å². The van der Waals surface area contributed by atoms with Gasteiger partial charge in [-0.15, -0.1) is 0 Å². The van der Waals surface area contributed by atoms with Crippen molar-refractivity contribution in [2.24, 2.45) is 0 Å². The maximum atomic E-state index is 5.37. The number of nitrogens with one attached hydrogen (secondary N) is 1. The number of H-pyrrole nitrogens is 1. The smallest absolute Gasteiger partial charge is 0.258 e. The van der Waals surface area contributed by atoms with E-state index >= 15 is 0 Å². The SMILES string of the molecule is CCOc1ccc(-c2nc(-c3ncn[nH]3)no2)cc1. The zero-order valence-corrected chi connectivity index (χ0v) is 10.2. The molecule has 3 aromatic rings. The van der Waals surface area contributed by atoms with Gasteiger partial charge in [0.25, 0.3) is 5.89 Å². The minimum Gasteiger partial charge on any atom is -0.494 e. The molecule has 0 saturated heterocycles. The summed E-state index contributed by atoms with van der Waals surface area (Å²) in [5.74, 6) is 2.08. The van der Waals surface area contributed by atoms with Crippen LogP contribution >= 0.6 is 0 Å². The Morgan fingerprint density at radius 3 is 2.79 bits per heavy atom. The van der Waals surface area contributed by atoms with Crippen molar-refractivity contribution in [3.8, 4) is 28.9 Å². The Morgan fingerprint density at radius 1 is 1.26 bits per heavy atom. The van der Waals surface area contributed by atoms with Crippen LogP contribution in [-0.4, -0.2) is 31.9 Å². The molecule has 0 amide bonds. The second-order valence-corrected chi connectivity index (χ2v) is 3.71. The maximum absolute atomic E-state index is 5.37. The van der Waals surface area contributed by atoms with Crippen LogP contribution in [0.5, 0.6) is 5.75 Å². The first-order valence-corrected chi connectivity index (χ1v) is 5.79. The molecular formula is C12H11N5O2. The summed E-state index contributed by atoms with van der Waals surface area (Å²) in [4.78, 5) is 8.21. The largest absolute Gasteiger partial charge is 0.494 e. The molecule has 0 saturated carbocycles. The van der Waals surface area contributed by atoms with Gasteiger partial charge in [-0.25, -0.2) is 4.98 Å². The number of aromatic nitrogens is 5. The van der Waals surface area contributed by atoms with Gasteiger partial charge in [0, 0.05) is 5.56 Å². The van der Waals surface area contributed by atoms with Gasteiger partial charge in [-0.3, -0.25) is 5.10 Å². The van der Waals surface area contributed by atoms with E-state index in [1.807, 2.05) is 31.2 Å². The zero-order chi connectivity index (χ0) is 13.1. The minimum absolute atomic E-state index is 0.376. The maximum Gasteiger partial charge on any atom is 0.258 e. The van der Waals surface area contributed by atoms with Gasteiger partial charge in [0.15, 0.2) is 5.82 Å². The number of rotatable bonds is 4. The van der Waals surface area contributed by atoms with Gasteiger partial charge >= 0.3 is 0 Å². The van der Waals surface area contributed by atoms with Gasteiger partial charge in [0.1, 0.15) is 12.1 Å². The summed E-state index contributed by atoms with van der Waals surface area (Å²) in [6, 6.07) is 7.44. The number of hydrogen-bond donors (Lipinski definition) is 1. The third-order valence-corrected chi connectivity index (χ3v) is 2.47. The van der Waals surface area contributed by atoms with Gasteiger partial charge < -0.3 is 9.26 Å². The number of benzene rings is 1. The Bertz CT molecular complexity index is 645. The van der Waals surface area contributed by atoms with E-state index in [2.05, 4.69) is 25.3 Å². The molecule has 0 unspecified atom stereocenters. The van der Waals surface area contributed by atoms with Crippen molar-refractivity contribution in [2.75, 3.05) is 6.61 Å². The van der Waals surface area contributed by atoms with Gasteiger partial charge in [-0.2, -0.15) is 10.1 Å². The van der Waals surface area contributed by atoms with Crippen molar-refractivity contribution in [1.82, 2.24) is 25.3 Å². The summed E-state index contributed by atoms with van der Waals surface area (Å²) in [6.45, 7) is 2.57. The van der Waals surface area contributed by atoms with Crippen LogP contribution < -0.4 is 4.74 Å². The fourth-order valence-electron chi connectivity index (χ4n) is 1.61. The first-order valence-electron chi connectivity index (χ1n) is 5.79. The average Bonchev–Trinajstić information content (AvgIpc) is 3.11. The zero-order valence-electron chi connectivity index (χ0n) is 10.2. The van der Waals surface area contributed by atoms with Crippen LogP contribution in [0.4, 0.5) is 0 Å². The Balaban J connectivity index is 1.86. The molecule has 19 heavy (non-hydrogen) atoms. The second-order valence-electron chi connectivity index (χ2n) is 3.71. The summed E-state index contributed by atoms with van der Waals surface area (Å²) in [7, 11) is 0. The lowest BCUT2D eigenvalue weighted by molar-refractivity contribution is 0.340. The molecule has 0 spiro atoms. The van der Waals surface area contributed by atoms with Gasteiger partial charge in [0.2, 0.25) is 5.82 Å². The van der Waals surface area contributed by atoms with E-state index in [4.69, 9.17) is 9.26 Å². The number of nitrogens with zero attached hydrogens (tertiary/aromatic N) is 4. The second kappa shape index (κ2) is 4.89. The van der Waals surface area contributed by atoms with E-state index in [9.17, 15) is 0 Å². The van der Waals surface area contributed by atoms with Crippen molar-refractivity contribution in [3.63, 3.8) is 0 Å². The van der Waals surface area contributed by atoms with Crippen molar-refractivity contribution in [3.05, 3.63) is 30.6 Å². The van der Waals surface area contributed by atoms with E-state index in [-0.39, 0.29) is 0 Å². The summed E-state index contributed by atoms with van der Waals surface area (Å²) < 4.78 is 10.6. The highest BCUT2D eigenvalue weighted by atomic mass is 16.5. The molecule has 3 rings (SSSR count). The van der Waals surface area contributed by atoms with E-state index < -0.39 is 0 Å². The topological polar surface area (TPSA) is 89.7 Å². The van der Waals surface area contributed by atoms with E-state index in [1.165, 1.54) is 6.33 Å².